The number of para-hydroxylation sites is 1. The Balaban J connectivity index is 1.81. The van der Waals surface area contributed by atoms with Crippen molar-refractivity contribution in [3.63, 3.8) is 0 Å². The standard InChI is InChI=1S/C32H44N6O6/c1-19(2)15-28(32(43)44)38-31(42)27(17-21-18-35-25-8-4-3-7-23(21)25)37-30(41)26(9-5-6-14-33)36-29(40)24(34)16-20-10-12-22(39)13-11-20/h3-4,7-8,10-13,18-19,24,26-28,35,39H,5-6,9,14-17,33-34H2,1-2H3,(H,36,40)(H,37,41)(H,38,42)(H,43,44). The van der Waals surface area contributed by atoms with E-state index >= 15 is 0 Å². The van der Waals surface area contributed by atoms with Gasteiger partial charge in [-0.3, -0.25) is 14.4 Å². The number of phenols is 1. The Morgan fingerprint density at radius 1 is 0.841 bits per heavy atom. The molecule has 1 heterocycles. The number of aliphatic carboxylic acids is 1. The molecule has 0 saturated heterocycles. The first-order chi connectivity index (χ1) is 21.0. The molecule has 0 fully saturated rings. The molecule has 12 heteroatoms. The number of amides is 3. The fraction of sp³-hybridized carbons (Fsp3) is 0.438. The van der Waals surface area contributed by atoms with Crippen LogP contribution in [-0.2, 0) is 32.0 Å². The van der Waals surface area contributed by atoms with E-state index in [1.54, 1.807) is 18.3 Å². The van der Waals surface area contributed by atoms with Crippen LogP contribution in [0.25, 0.3) is 10.9 Å². The summed E-state index contributed by atoms with van der Waals surface area (Å²) in [6, 6.07) is 9.58. The number of aromatic amines is 1. The molecule has 44 heavy (non-hydrogen) atoms. The van der Waals surface area contributed by atoms with E-state index in [0.29, 0.717) is 19.4 Å². The highest BCUT2D eigenvalue weighted by molar-refractivity contribution is 5.95. The summed E-state index contributed by atoms with van der Waals surface area (Å²) in [6.45, 7) is 4.11. The number of aromatic nitrogens is 1. The van der Waals surface area contributed by atoms with Crippen LogP contribution in [0, 0.1) is 5.92 Å². The molecule has 4 atom stereocenters. The fourth-order valence-electron chi connectivity index (χ4n) is 4.99. The van der Waals surface area contributed by atoms with Gasteiger partial charge in [0.1, 0.15) is 23.9 Å². The lowest BCUT2D eigenvalue weighted by Gasteiger charge is -2.26. The van der Waals surface area contributed by atoms with Crippen LogP contribution in [0.1, 0.15) is 50.7 Å². The highest BCUT2D eigenvalue weighted by Crippen LogP contribution is 2.20. The normalized spacial score (nSPS) is 14.0. The number of carbonyl (C=O) groups excluding carboxylic acids is 3. The second-order valence-electron chi connectivity index (χ2n) is 11.5. The van der Waals surface area contributed by atoms with E-state index in [1.807, 2.05) is 38.1 Å². The summed E-state index contributed by atoms with van der Waals surface area (Å²) in [5.74, 6) is -2.86. The van der Waals surface area contributed by atoms with Gasteiger partial charge in [-0.1, -0.05) is 44.2 Å². The second-order valence-corrected chi connectivity index (χ2v) is 11.5. The van der Waals surface area contributed by atoms with Crippen molar-refractivity contribution < 1.29 is 29.4 Å². The summed E-state index contributed by atoms with van der Waals surface area (Å²) in [6.07, 6.45) is 3.65. The number of carboxylic acids is 1. The van der Waals surface area contributed by atoms with Gasteiger partial charge in [0.05, 0.1) is 6.04 Å². The largest absolute Gasteiger partial charge is 0.508 e. The first-order valence-corrected chi connectivity index (χ1v) is 14.9. The Morgan fingerprint density at radius 2 is 1.48 bits per heavy atom. The molecule has 0 spiro atoms. The zero-order valence-electron chi connectivity index (χ0n) is 25.2. The van der Waals surface area contributed by atoms with Gasteiger partial charge in [0.25, 0.3) is 0 Å². The number of aromatic hydroxyl groups is 1. The predicted octanol–water partition coefficient (Wildman–Crippen LogP) is 1.70. The van der Waals surface area contributed by atoms with Gasteiger partial charge in [-0.2, -0.15) is 0 Å². The van der Waals surface area contributed by atoms with Crippen molar-refractivity contribution in [1.82, 2.24) is 20.9 Å². The molecule has 12 nitrogen and oxygen atoms in total. The summed E-state index contributed by atoms with van der Waals surface area (Å²) in [7, 11) is 0. The molecule has 3 rings (SSSR count). The minimum absolute atomic E-state index is 0.00554. The van der Waals surface area contributed by atoms with Crippen molar-refractivity contribution in [2.75, 3.05) is 6.54 Å². The maximum absolute atomic E-state index is 13.7. The van der Waals surface area contributed by atoms with Crippen LogP contribution in [0.5, 0.6) is 5.75 Å². The molecule has 4 unspecified atom stereocenters. The average Bonchev–Trinajstić information content (AvgIpc) is 3.39. The summed E-state index contributed by atoms with van der Waals surface area (Å²) >= 11 is 0. The summed E-state index contributed by atoms with van der Waals surface area (Å²) in [4.78, 5) is 55.3. The van der Waals surface area contributed by atoms with Gasteiger partial charge in [-0.15, -0.1) is 0 Å². The van der Waals surface area contributed by atoms with Gasteiger partial charge in [-0.25, -0.2) is 4.79 Å². The lowest BCUT2D eigenvalue weighted by molar-refractivity contribution is -0.142. The molecule has 238 valence electrons. The number of carbonyl (C=O) groups is 4. The van der Waals surface area contributed by atoms with E-state index in [2.05, 4.69) is 20.9 Å². The number of fused-ring (bicyclic) bond motifs is 1. The highest BCUT2D eigenvalue weighted by atomic mass is 16.4. The van der Waals surface area contributed by atoms with Crippen LogP contribution in [0.2, 0.25) is 0 Å². The zero-order chi connectivity index (χ0) is 32.2. The lowest BCUT2D eigenvalue weighted by Crippen LogP contribution is -2.57. The second kappa shape index (κ2) is 16.4. The third-order valence-corrected chi connectivity index (χ3v) is 7.36. The maximum Gasteiger partial charge on any atom is 0.326 e. The van der Waals surface area contributed by atoms with E-state index < -0.39 is 47.9 Å². The Labute approximate surface area is 257 Å². The van der Waals surface area contributed by atoms with Gasteiger partial charge in [-0.05, 0) is 73.9 Å². The number of hydrogen-bond donors (Lipinski definition) is 8. The molecule has 3 aromatic rings. The number of H-pyrrole nitrogens is 1. The third-order valence-electron chi connectivity index (χ3n) is 7.36. The molecule has 0 aliphatic rings. The highest BCUT2D eigenvalue weighted by Gasteiger charge is 2.31. The average molecular weight is 609 g/mol. The zero-order valence-corrected chi connectivity index (χ0v) is 25.2. The minimum Gasteiger partial charge on any atom is -0.508 e. The number of hydrogen-bond acceptors (Lipinski definition) is 7. The van der Waals surface area contributed by atoms with Crippen molar-refractivity contribution in [2.45, 2.75) is 76.5 Å². The fourth-order valence-corrected chi connectivity index (χ4v) is 4.99. The van der Waals surface area contributed by atoms with E-state index in [-0.39, 0.29) is 37.4 Å². The smallest absolute Gasteiger partial charge is 0.326 e. The van der Waals surface area contributed by atoms with Crippen LogP contribution >= 0.6 is 0 Å². The van der Waals surface area contributed by atoms with Crippen molar-refractivity contribution in [2.24, 2.45) is 17.4 Å². The number of rotatable bonds is 17. The van der Waals surface area contributed by atoms with Crippen LogP contribution in [0.4, 0.5) is 0 Å². The lowest BCUT2D eigenvalue weighted by atomic mass is 10.0. The molecule has 10 N–H and O–H groups in total. The molecule has 0 aliphatic heterocycles. The van der Waals surface area contributed by atoms with Gasteiger partial charge in [0.15, 0.2) is 0 Å². The molecule has 1 aromatic heterocycles. The van der Waals surface area contributed by atoms with Crippen molar-refractivity contribution in [3.05, 3.63) is 65.9 Å². The molecule has 0 saturated carbocycles. The number of phenolic OH excluding ortho intramolecular Hbond substituents is 1. The molecule has 0 radical (unpaired) electrons. The Morgan fingerprint density at radius 3 is 2.14 bits per heavy atom. The van der Waals surface area contributed by atoms with E-state index in [0.717, 1.165) is 22.0 Å². The number of benzene rings is 2. The van der Waals surface area contributed by atoms with Crippen LogP contribution in [-0.4, -0.2) is 69.6 Å². The first-order valence-electron chi connectivity index (χ1n) is 14.9. The summed E-state index contributed by atoms with van der Waals surface area (Å²) in [5.41, 5.74) is 14.2. The minimum atomic E-state index is -1.17. The topological polar surface area (TPSA) is 213 Å². The van der Waals surface area contributed by atoms with Gasteiger partial charge >= 0.3 is 5.97 Å². The van der Waals surface area contributed by atoms with E-state index in [1.165, 1.54) is 12.1 Å². The van der Waals surface area contributed by atoms with E-state index in [9.17, 15) is 29.4 Å². The van der Waals surface area contributed by atoms with E-state index in [4.69, 9.17) is 11.5 Å². The van der Waals surface area contributed by atoms with Crippen molar-refractivity contribution in [3.8, 4) is 5.75 Å². The van der Waals surface area contributed by atoms with Crippen LogP contribution in [0.3, 0.4) is 0 Å². The number of carboxylic acid groups (broad SMARTS) is 1. The van der Waals surface area contributed by atoms with Gasteiger partial charge in [0.2, 0.25) is 17.7 Å². The molecule has 2 aromatic carbocycles. The molecule has 0 aliphatic carbocycles. The Kier molecular flexibility index (Phi) is 12.7. The van der Waals surface area contributed by atoms with Crippen molar-refractivity contribution in [1.29, 1.82) is 0 Å². The van der Waals surface area contributed by atoms with Crippen molar-refractivity contribution >= 4 is 34.6 Å². The predicted molar refractivity (Wildman–Crippen MR) is 168 cm³/mol. The molecular weight excluding hydrogens is 564 g/mol. The summed E-state index contributed by atoms with van der Waals surface area (Å²) < 4.78 is 0. The summed E-state index contributed by atoms with van der Waals surface area (Å²) in [5, 5.41) is 28.2. The monoisotopic (exact) mass is 608 g/mol. The van der Waals surface area contributed by atoms with Crippen LogP contribution in [0.15, 0.2) is 54.7 Å². The third kappa shape index (κ3) is 10.1. The number of nitrogens with one attached hydrogen (secondary N) is 4. The Bertz CT molecular complexity index is 1410. The van der Waals surface area contributed by atoms with Gasteiger partial charge in [0, 0.05) is 23.5 Å². The molecule has 0 bridgehead atoms. The SMILES string of the molecule is CC(C)CC(NC(=O)C(Cc1c[nH]c2ccccc12)NC(=O)C(CCCCN)NC(=O)C(N)Cc1ccc(O)cc1)C(=O)O. The maximum atomic E-state index is 13.7. The Hall–Kier alpha value is -4.42. The first kappa shape index (κ1) is 34.1. The quantitative estimate of drug-likeness (QED) is 0.105. The number of nitrogens with two attached hydrogens (primary N) is 2. The van der Waals surface area contributed by atoms with Crippen LogP contribution < -0.4 is 27.4 Å². The molecule has 3 amide bonds. The molecular formula is C32H44N6O6. The van der Waals surface area contributed by atoms with Gasteiger partial charge < -0.3 is 42.6 Å². The number of unbranched alkanes of at least 4 members (excludes halogenated alkanes) is 1.